The van der Waals surface area contributed by atoms with Crippen molar-refractivity contribution in [3.63, 3.8) is 0 Å². The third-order valence-corrected chi connectivity index (χ3v) is 2.65. The number of hydrogen-bond acceptors (Lipinski definition) is 4. The van der Waals surface area contributed by atoms with Gasteiger partial charge < -0.3 is 11.5 Å². The average molecular weight is 234 g/mol. The van der Waals surface area contributed by atoms with E-state index < -0.39 is 0 Å². The van der Waals surface area contributed by atoms with Crippen LogP contribution in [0.3, 0.4) is 0 Å². The van der Waals surface area contributed by atoms with Gasteiger partial charge in [-0.3, -0.25) is 0 Å². The van der Waals surface area contributed by atoms with Crippen molar-refractivity contribution in [1.29, 1.82) is 10.5 Å². The zero-order chi connectivity index (χ0) is 13.1. The molecule has 0 fully saturated rings. The average Bonchev–Trinajstić information content (AvgIpc) is 2.40. The van der Waals surface area contributed by atoms with Gasteiger partial charge in [-0.1, -0.05) is 0 Å². The minimum absolute atomic E-state index is 0.501. The summed E-state index contributed by atoms with van der Waals surface area (Å²) in [7, 11) is 0. The second-order valence-electron chi connectivity index (χ2n) is 3.83. The molecule has 0 saturated heterocycles. The molecule has 2 aromatic rings. The number of nitrogens with zero attached hydrogens (tertiary/aromatic N) is 2. The normalized spacial score (nSPS) is 9.44. The number of nitrogen functional groups attached to an aromatic ring is 2. The van der Waals surface area contributed by atoms with Gasteiger partial charge >= 0.3 is 0 Å². The van der Waals surface area contributed by atoms with E-state index in [0.717, 1.165) is 0 Å². The Balaban J connectivity index is 2.69. The lowest BCUT2D eigenvalue weighted by atomic mass is 9.98. The van der Waals surface area contributed by atoms with Gasteiger partial charge in [0.05, 0.1) is 23.3 Å². The second-order valence-corrected chi connectivity index (χ2v) is 3.83. The first-order valence-corrected chi connectivity index (χ1v) is 5.25. The molecule has 0 saturated carbocycles. The van der Waals surface area contributed by atoms with E-state index in [9.17, 15) is 0 Å². The van der Waals surface area contributed by atoms with Gasteiger partial charge in [0.25, 0.3) is 0 Å². The van der Waals surface area contributed by atoms with Crippen molar-refractivity contribution in [2.24, 2.45) is 0 Å². The Bertz CT molecular complexity index is 628. The fourth-order valence-electron chi connectivity index (χ4n) is 1.72. The minimum atomic E-state index is 0.501. The van der Waals surface area contributed by atoms with Crippen molar-refractivity contribution in [3.05, 3.63) is 47.5 Å². The monoisotopic (exact) mass is 234 g/mol. The zero-order valence-corrected chi connectivity index (χ0v) is 9.51. The maximum absolute atomic E-state index is 8.90. The molecule has 0 radical (unpaired) electrons. The Kier molecular flexibility index (Phi) is 2.87. The van der Waals surface area contributed by atoms with Gasteiger partial charge in [0.1, 0.15) is 0 Å². The molecule has 4 N–H and O–H groups in total. The highest BCUT2D eigenvalue weighted by atomic mass is 14.6. The molecule has 0 unspecified atom stereocenters. The standard InChI is InChI=1S/C14H10N4/c15-7-9-1-3-13(17)11(5-9)12-6-10(8-16)2-4-14(12)18/h1-6H,17-18H2. The lowest BCUT2D eigenvalue weighted by molar-refractivity contribution is 1.47. The van der Waals surface area contributed by atoms with Crippen LogP contribution in [-0.2, 0) is 0 Å². The van der Waals surface area contributed by atoms with Crippen LogP contribution < -0.4 is 11.5 Å². The topological polar surface area (TPSA) is 99.6 Å². The van der Waals surface area contributed by atoms with E-state index in [1.54, 1.807) is 36.4 Å². The van der Waals surface area contributed by atoms with Crippen LogP contribution in [0.4, 0.5) is 11.4 Å². The Morgan fingerprint density at radius 1 is 0.722 bits per heavy atom. The first-order valence-electron chi connectivity index (χ1n) is 5.25. The fraction of sp³-hybridized carbons (Fsp3) is 0. The number of nitriles is 2. The Morgan fingerprint density at radius 2 is 1.11 bits per heavy atom. The van der Waals surface area contributed by atoms with Crippen LogP contribution in [0.1, 0.15) is 11.1 Å². The number of nitrogens with two attached hydrogens (primary N) is 2. The summed E-state index contributed by atoms with van der Waals surface area (Å²) >= 11 is 0. The maximum Gasteiger partial charge on any atom is 0.0991 e. The highest BCUT2D eigenvalue weighted by Gasteiger charge is 2.08. The molecule has 0 aromatic heterocycles. The minimum Gasteiger partial charge on any atom is -0.398 e. The molecule has 4 heteroatoms. The number of benzene rings is 2. The van der Waals surface area contributed by atoms with Crippen molar-refractivity contribution in [2.75, 3.05) is 11.5 Å². The van der Waals surface area contributed by atoms with E-state index >= 15 is 0 Å². The lowest BCUT2D eigenvalue weighted by Gasteiger charge is -2.09. The first-order chi connectivity index (χ1) is 8.65. The van der Waals surface area contributed by atoms with Crippen LogP contribution in [0.25, 0.3) is 11.1 Å². The van der Waals surface area contributed by atoms with Gasteiger partial charge in [0, 0.05) is 22.5 Å². The van der Waals surface area contributed by atoms with Crippen LogP contribution in [0.5, 0.6) is 0 Å². The van der Waals surface area contributed by atoms with E-state index in [0.29, 0.717) is 33.6 Å². The van der Waals surface area contributed by atoms with Crippen molar-refractivity contribution in [1.82, 2.24) is 0 Å². The molecular formula is C14H10N4. The summed E-state index contributed by atoms with van der Waals surface area (Å²) in [6, 6.07) is 14.0. The molecule has 86 valence electrons. The maximum atomic E-state index is 8.90. The van der Waals surface area contributed by atoms with Crippen molar-refractivity contribution >= 4 is 11.4 Å². The molecule has 0 heterocycles. The van der Waals surface area contributed by atoms with Gasteiger partial charge in [-0.2, -0.15) is 10.5 Å². The fourth-order valence-corrected chi connectivity index (χ4v) is 1.72. The number of hydrogen-bond donors (Lipinski definition) is 2. The van der Waals surface area contributed by atoms with E-state index in [-0.39, 0.29) is 0 Å². The van der Waals surface area contributed by atoms with E-state index in [2.05, 4.69) is 12.1 Å². The molecule has 0 bridgehead atoms. The summed E-state index contributed by atoms with van der Waals surface area (Å²) in [5, 5.41) is 17.8. The van der Waals surface area contributed by atoms with E-state index in [1.165, 1.54) is 0 Å². The second kappa shape index (κ2) is 4.48. The van der Waals surface area contributed by atoms with Gasteiger partial charge in [-0.05, 0) is 36.4 Å². The smallest absolute Gasteiger partial charge is 0.0991 e. The van der Waals surface area contributed by atoms with Crippen LogP contribution in [-0.4, -0.2) is 0 Å². The molecular weight excluding hydrogens is 224 g/mol. The summed E-state index contributed by atoms with van der Waals surface area (Å²) in [5.41, 5.74) is 15.2. The summed E-state index contributed by atoms with van der Waals surface area (Å²) in [5.74, 6) is 0. The first kappa shape index (κ1) is 11.5. The van der Waals surface area contributed by atoms with Gasteiger partial charge in [-0.15, -0.1) is 0 Å². The Morgan fingerprint density at radius 3 is 1.44 bits per heavy atom. The summed E-state index contributed by atoms with van der Waals surface area (Å²) in [6.45, 7) is 0. The highest BCUT2D eigenvalue weighted by molar-refractivity contribution is 5.85. The Labute approximate surface area is 105 Å². The van der Waals surface area contributed by atoms with Crippen molar-refractivity contribution < 1.29 is 0 Å². The molecule has 0 aliphatic rings. The zero-order valence-electron chi connectivity index (χ0n) is 9.51. The Hall–Kier alpha value is -2.98. The SMILES string of the molecule is N#Cc1ccc(N)c(-c2cc(C#N)ccc2N)c1. The molecule has 0 amide bonds. The summed E-state index contributed by atoms with van der Waals surface area (Å²) < 4.78 is 0. The van der Waals surface area contributed by atoms with Crippen LogP contribution in [0, 0.1) is 22.7 Å². The molecule has 2 rings (SSSR count). The predicted octanol–water partition coefficient (Wildman–Crippen LogP) is 2.26. The third kappa shape index (κ3) is 1.95. The summed E-state index contributed by atoms with van der Waals surface area (Å²) in [6.07, 6.45) is 0. The largest absolute Gasteiger partial charge is 0.398 e. The van der Waals surface area contributed by atoms with Gasteiger partial charge in [-0.25, -0.2) is 0 Å². The molecule has 0 spiro atoms. The van der Waals surface area contributed by atoms with Crippen LogP contribution >= 0.6 is 0 Å². The molecule has 0 aliphatic carbocycles. The van der Waals surface area contributed by atoms with Crippen molar-refractivity contribution in [2.45, 2.75) is 0 Å². The number of anilines is 2. The molecule has 0 aliphatic heterocycles. The van der Waals surface area contributed by atoms with E-state index in [1.807, 2.05) is 0 Å². The molecule has 0 atom stereocenters. The summed E-state index contributed by atoms with van der Waals surface area (Å²) in [4.78, 5) is 0. The number of rotatable bonds is 1. The van der Waals surface area contributed by atoms with Gasteiger partial charge in [0.15, 0.2) is 0 Å². The molecule has 18 heavy (non-hydrogen) atoms. The lowest BCUT2D eigenvalue weighted by Crippen LogP contribution is -1.96. The van der Waals surface area contributed by atoms with Crippen LogP contribution in [0.15, 0.2) is 36.4 Å². The van der Waals surface area contributed by atoms with Gasteiger partial charge in [0.2, 0.25) is 0 Å². The third-order valence-electron chi connectivity index (χ3n) is 2.65. The quantitative estimate of drug-likeness (QED) is 0.739. The predicted molar refractivity (Wildman–Crippen MR) is 70.1 cm³/mol. The molecule has 2 aromatic carbocycles. The van der Waals surface area contributed by atoms with Crippen molar-refractivity contribution in [3.8, 4) is 23.3 Å². The van der Waals surface area contributed by atoms with Crippen LogP contribution in [0.2, 0.25) is 0 Å². The molecule has 4 nitrogen and oxygen atoms in total. The van der Waals surface area contributed by atoms with E-state index in [4.69, 9.17) is 22.0 Å². The highest BCUT2D eigenvalue weighted by Crippen LogP contribution is 2.32.